The number of nitrogens with one attached hydrogen (secondary N) is 2. The van der Waals surface area contributed by atoms with Crippen LogP contribution < -0.4 is 26.0 Å². The molecule has 2 N–H and O–H groups in total. The third-order valence-corrected chi connectivity index (χ3v) is 8.55. The van der Waals surface area contributed by atoms with Crippen molar-refractivity contribution in [2.24, 2.45) is 5.92 Å². The van der Waals surface area contributed by atoms with Crippen molar-refractivity contribution in [3.63, 3.8) is 0 Å². The van der Waals surface area contributed by atoms with Crippen molar-refractivity contribution in [3.8, 4) is 11.5 Å². The van der Waals surface area contributed by atoms with E-state index in [1.54, 1.807) is 6.20 Å². The fourth-order valence-corrected chi connectivity index (χ4v) is 6.99. The number of hydrogen-bond acceptors (Lipinski definition) is 7. The number of benzene rings is 1. The van der Waals surface area contributed by atoms with Gasteiger partial charge in [0.2, 0.25) is 6.79 Å². The molecule has 0 bridgehead atoms. The summed E-state index contributed by atoms with van der Waals surface area (Å²) in [4.78, 5) is 33.3. The molecule has 1 unspecified atom stereocenters. The molecule has 8 nitrogen and oxygen atoms in total. The lowest BCUT2D eigenvalue weighted by molar-refractivity contribution is 0.173. The maximum Gasteiger partial charge on any atom is 0.328 e. The standard InChI is InChI=1S/C24H22N4O4S.2ClH/c29-23-22-20(19-17(33-22)2-1-8-25-19)27-24(30)28(23)9-7-15-18-12(10-26-15)3-4-14-13(18)5-6-16-21(14)32-11-31-16;;/h1-2,5-6,8,12,15,18,26H,3-4,7,9-11H2,(H,27,30);2*1H/t12-,15?,18+;;/m0../s1. The van der Waals surface area contributed by atoms with E-state index in [0.717, 1.165) is 35.6 Å². The predicted molar refractivity (Wildman–Crippen MR) is 140 cm³/mol. The van der Waals surface area contributed by atoms with Gasteiger partial charge in [0.05, 0.1) is 10.2 Å². The minimum absolute atomic E-state index is 0. The molecule has 11 heteroatoms. The third-order valence-electron chi connectivity index (χ3n) is 7.41. The Morgan fingerprint density at radius 2 is 2.06 bits per heavy atom. The second-order valence-corrected chi connectivity index (χ2v) is 10.1. The number of hydrogen-bond donors (Lipinski definition) is 2. The molecule has 1 fully saturated rings. The van der Waals surface area contributed by atoms with Crippen molar-refractivity contribution in [1.29, 1.82) is 0 Å². The summed E-state index contributed by atoms with van der Waals surface area (Å²) in [5.41, 5.74) is 3.18. The minimum Gasteiger partial charge on any atom is -0.454 e. The van der Waals surface area contributed by atoms with Gasteiger partial charge in [0.1, 0.15) is 10.2 Å². The number of pyridine rings is 1. The van der Waals surface area contributed by atoms with Gasteiger partial charge in [0, 0.05) is 30.3 Å². The van der Waals surface area contributed by atoms with Gasteiger partial charge in [-0.25, -0.2) is 4.79 Å². The first kappa shape index (κ1) is 24.1. The summed E-state index contributed by atoms with van der Waals surface area (Å²) < 4.78 is 14.1. The monoisotopic (exact) mass is 534 g/mol. The van der Waals surface area contributed by atoms with Crippen molar-refractivity contribution in [3.05, 3.63) is 62.4 Å². The van der Waals surface area contributed by atoms with Gasteiger partial charge in [-0.2, -0.15) is 0 Å². The highest BCUT2D eigenvalue weighted by molar-refractivity contribution is 7.25. The van der Waals surface area contributed by atoms with Crippen LogP contribution in [0.1, 0.15) is 29.9 Å². The van der Waals surface area contributed by atoms with Gasteiger partial charge in [-0.1, -0.05) is 6.07 Å². The molecule has 1 aliphatic carbocycles. The summed E-state index contributed by atoms with van der Waals surface area (Å²) in [6, 6.07) is 8.14. The van der Waals surface area contributed by atoms with E-state index in [4.69, 9.17) is 9.47 Å². The Labute approximate surface area is 216 Å². The second kappa shape index (κ2) is 9.13. The summed E-state index contributed by atoms with van der Waals surface area (Å²) in [6.07, 6.45) is 4.47. The molecular weight excluding hydrogens is 511 g/mol. The number of rotatable bonds is 3. The molecule has 7 rings (SSSR count). The highest BCUT2D eigenvalue weighted by Crippen LogP contribution is 2.49. The molecule has 0 radical (unpaired) electrons. The van der Waals surface area contributed by atoms with Gasteiger partial charge < -0.3 is 19.8 Å². The zero-order chi connectivity index (χ0) is 22.1. The van der Waals surface area contributed by atoms with Gasteiger partial charge in [0.25, 0.3) is 5.56 Å². The van der Waals surface area contributed by atoms with E-state index in [9.17, 15) is 9.59 Å². The first-order valence-corrected chi connectivity index (χ1v) is 12.2. The van der Waals surface area contributed by atoms with Crippen molar-refractivity contribution in [2.75, 3.05) is 13.3 Å². The van der Waals surface area contributed by atoms with Gasteiger partial charge in [-0.15, -0.1) is 36.2 Å². The number of halogens is 2. The van der Waals surface area contributed by atoms with E-state index >= 15 is 0 Å². The van der Waals surface area contributed by atoms with Crippen LogP contribution in [0.5, 0.6) is 11.5 Å². The number of thiophene rings is 1. The van der Waals surface area contributed by atoms with Crippen LogP contribution >= 0.6 is 36.2 Å². The summed E-state index contributed by atoms with van der Waals surface area (Å²) in [7, 11) is 0. The highest BCUT2D eigenvalue weighted by Gasteiger charge is 2.41. The van der Waals surface area contributed by atoms with E-state index in [0.29, 0.717) is 40.5 Å². The molecule has 0 saturated carbocycles. The van der Waals surface area contributed by atoms with Crippen molar-refractivity contribution < 1.29 is 9.47 Å². The van der Waals surface area contributed by atoms with Crippen LogP contribution in [0.2, 0.25) is 0 Å². The second-order valence-electron chi connectivity index (χ2n) is 9.04. The van der Waals surface area contributed by atoms with E-state index in [2.05, 4.69) is 21.4 Å². The Morgan fingerprint density at radius 3 is 2.94 bits per heavy atom. The normalized spacial score (nSPS) is 21.9. The summed E-state index contributed by atoms with van der Waals surface area (Å²) >= 11 is 1.38. The smallest absolute Gasteiger partial charge is 0.328 e. The fraction of sp³-hybridized carbons (Fsp3) is 0.375. The third kappa shape index (κ3) is 3.64. The molecule has 0 spiro atoms. The summed E-state index contributed by atoms with van der Waals surface area (Å²) in [5, 5.41) is 3.67. The van der Waals surface area contributed by atoms with Crippen LogP contribution in [-0.4, -0.2) is 33.9 Å². The average Bonchev–Trinajstić information content (AvgIpc) is 3.55. The van der Waals surface area contributed by atoms with Gasteiger partial charge in [0.15, 0.2) is 11.5 Å². The maximum absolute atomic E-state index is 13.2. The molecule has 2 aliphatic heterocycles. The number of nitrogens with zero attached hydrogens (tertiary/aromatic N) is 2. The van der Waals surface area contributed by atoms with Crippen LogP contribution in [0.4, 0.5) is 0 Å². The fourth-order valence-electron chi connectivity index (χ4n) is 5.92. The SMILES string of the molecule is Cl.Cl.O=c1[nH]c2c(sc3cccnc32)c(=O)n1CCC1NC[C@@H]2CCc3c(ccc4c3OCO4)[C@H]12. The molecule has 3 aliphatic rings. The molecule has 1 aromatic carbocycles. The van der Waals surface area contributed by atoms with Gasteiger partial charge in [-0.3, -0.25) is 14.3 Å². The first-order valence-electron chi connectivity index (χ1n) is 11.3. The lowest BCUT2D eigenvalue weighted by Gasteiger charge is -2.31. The van der Waals surface area contributed by atoms with Crippen LogP contribution in [0.15, 0.2) is 40.1 Å². The Hall–Kier alpha value is -2.59. The largest absolute Gasteiger partial charge is 0.454 e. The van der Waals surface area contributed by atoms with Crippen LogP contribution in [0.3, 0.4) is 0 Å². The zero-order valence-corrected chi connectivity index (χ0v) is 21.1. The Balaban J connectivity index is 0.00000127. The van der Waals surface area contributed by atoms with E-state index in [-0.39, 0.29) is 48.9 Å². The number of H-pyrrole nitrogens is 1. The minimum atomic E-state index is -0.375. The Kier molecular flexibility index (Phi) is 6.29. The topological polar surface area (TPSA) is 98.2 Å². The maximum atomic E-state index is 13.2. The van der Waals surface area contributed by atoms with Gasteiger partial charge >= 0.3 is 5.69 Å². The molecule has 184 valence electrons. The predicted octanol–water partition coefficient (Wildman–Crippen LogP) is 3.58. The molecule has 4 aromatic rings. The molecule has 3 atom stereocenters. The first-order chi connectivity index (χ1) is 16.2. The zero-order valence-electron chi connectivity index (χ0n) is 18.6. The van der Waals surface area contributed by atoms with Crippen molar-refractivity contribution in [1.82, 2.24) is 19.9 Å². The number of fused-ring (bicyclic) bond motifs is 8. The average molecular weight is 535 g/mol. The molecule has 3 aromatic heterocycles. The lowest BCUT2D eigenvalue weighted by Crippen LogP contribution is -2.37. The molecule has 35 heavy (non-hydrogen) atoms. The van der Waals surface area contributed by atoms with E-state index < -0.39 is 0 Å². The molecule has 5 heterocycles. The van der Waals surface area contributed by atoms with Crippen molar-refractivity contribution in [2.45, 2.75) is 37.8 Å². The quantitative estimate of drug-likeness (QED) is 0.416. The Morgan fingerprint density at radius 1 is 1.17 bits per heavy atom. The Bertz CT molecular complexity index is 1550. The van der Waals surface area contributed by atoms with E-state index in [1.165, 1.54) is 27.0 Å². The van der Waals surface area contributed by atoms with Crippen LogP contribution in [0.25, 0.3) is 20.4 Å². The molecular formula is C24H24Cl2N4O4S. The van der Waals surface area contributed by atoms with Crippen molar-refractivity contribution >= 4 is 56.6 Å². The molecule has 0 amide bonds. The highest BCUT2D eigenvalue weighted by atomic mass is 35.5. The number of aromatic amines is 1. The number of ether oxygens (including phenoxy) is 2. The van der Waals surface area contributed by atoms with Crippen LogP contribution in [-0.2, 0) is 13.0 Å². The van der Waals surface area contributed by atoms with Crippen LogP contribution in [0, 0.1) is 5.92 Å². The molecule has 1 saturated heterocycles. The number of aromatic nitrogens is 3. The lowest BCUT2D eigenvalue weighted by atomic mass is 9.73. The van der Waals surface area contributed by atoms with Gasteiger partial charge in [-0.05, 0) is 55.5 Å². The summed E-state index contributed by atoms with van der Waals surface area (Å²) in [6.45, 7) is 1.60. The van der Waals surface area contributed by atoms with E-state index in [1.807, 2.05) is 18.2 Å². The summed E-state index contributed by atoms with van der Waals surface area (Å²) in [5.74, 6) is 2.62.